The molecule has 1 N–H and O–H groups in total. The number of hydrogen-bond donors (Lipinski definition) is 1. The van der Waals surface area contributed by atoms with Crippen LogP contribution in [-0.2, 0) is 0 Å². The number of aliphatic hydroxyl groups is 1. The van der Waals surface area contributed by atoms with E-state index in [9.17, 15) is 5.11 Å². The second-order valence-corrected chi connectivity index (χ2v) is 22.8. The quantitative estimate of drug-likeness (QED) is 0.151. The Kier molecular flexibility index (Phi) is 18.7. The zero-order chi connectivity index (χ0) is 18.8. The van der Waals surface area contributed by atoms with Gasteiger partial charge in [0, 0.05) is 0 Å². The number of aliphatic hydroxyl groups excluding tert-OH is 1. The molecule has 0 aliphatic carbocycles. The molecular formula is C23H50OSn. The molecule has 1 unspecified atom stereocenters. The third-order valence-corrected chi connectivity index (χ3v) is 22.0. The Hall–Kier alpha value is 0.759. The molecule has 1 nitrogen and oxygen atoms in total. The fraction of sp³-hybridized carbons (Fsp3) is 1.00. The molecule has 0 aliphatic heterocycles. The van der Waals surface area contributed by atoms with Gasteiger partial charge < -0.3 is 0 Å². The normalized spacial score (nSPS) is 13.3. The summed E-state index contributed by atoms with van der Waals surface area (Å²) < 4.78 is 6.24. The standard InChI is InChI=1S/C11H23O.3C4H9.Sn/c1-3-5-6-7-8-9-10-11(12)4-2;3*1-3-4-2;/h11-12H,2-10H2,1H3;3*1,3-4H2,2H3;. The first-order valence-corrected chi connectivity index (χ1v) is 19.9. The molecule has 0 saturated heterocycles. The van der Waals surface area contributed by atoms with E-state index in [-0.39, 0.29) is 6.10 Å². The zero-order valence-electron chi connectivity index (χ0n) is 18.3. The van der Waals surface area contributed by atoms with Crippen LogP contribution in [-0.4, -0.2) is 29.6 Å². The number of unbranched alkanes of at least 4 members (excludes halogenated alkanes) is 8. The molecule has 2 heteroatoms. The Morgan fingerprint density at radius 3 is 1.44 bits per heavy atom. The second-order valence-electron chi connectivity index (χ2n) is 8.56. The van der Waals surface area contributed by atoms with Crippen LogP contribution in [0.4, 0.5) is 0 Å². The van der Waals surface area contributed by atoms with Crippen LogP contribution in [0.15, 0.2) is 0 Å². The Morgan fingerprint density at radius 2 is 0.960 bits per heavy atom. The summed E-state index contributed by atoms with van der Waals surface area (Å²) in [6.07, 6.45) is 18.6. The monoisotopic (exact) mass is 462 g/mol. The first kappa shape index (κ1) is 25.8. The third kappa shape index (κ3) is 14.5. The fourth-order valence-corrected chi connectivity index (χ4v) is 20.6. The molecule has 0 radical (unpaired) electrons. The van der Waals surface area contributed by atoms with Crippen LogP contribution in [0.1, 0.15) is 118 Å². The molecule has 0 amide bonds. The first-order valence-electron chi connectivity index (χ1n) is 11.8. The van der Waals surface area contributed by atoms with Gasteiger partial charge in [-0.1, -0.05) is 0 Å². The van der Waals surface area contributed by atoms with Gasteiger partial charge in [0.15, 0.2) is 0 Å². The minimum atomic E-state index is -2.00. The van der Waals surface area contributed by atoms with E-state index in [1.54, 1.807) is 13.3 Å². The van der Waals surface area contributed by atoms with Crippen molar-refractivity contribution in [1.29, 1.82) is 0 Å². The zero-order valence-corrected chi connectivity index (χ0v) is 21.1. The van der Waals surface area contributed by atoms with E-state index >= 15 is 0 Å². The maximum atomic E-state index is 10.5. The minimum absolute atomic E-state index is 0.00729. The van der Waals surface area contributed by atoms with Gasteiger partial charge >= 0.3 is 165 Å². The second kappa shape index (κ2) is 18.1. The molecule has 0 heterocycles. The molecule has 0 spiro atoms. The Labute approximate surface area is 164 Å². The topological polar surface area (TPSA) is 20.2 Å². The molecule has 0 aromatic rings. The van der Waals surface area contributed by atoms with E-state index in [1.807, 2.05) is 0 Å². The number of hydrogen-bond acceptors (Lipinski definition) is 1. The van der Waals surface area contributed by atoms with Gasteiger partial charge in [-0.2, -0.15) is 0 Å². The fourth-order valence-electron chi connectivity index (χ4n) is 4.18. The summed E-state index contributed by atoms with van der Waals surface area (Å²) in [7, 11) is 0. The third-order valence-electron chi connectivity index (χ3n) is 6.08. The summed E-state index contributed by atoms with van der Waals surface area (Å²) in [6, 6.07) is 0. The summed E-state index contributed by atoms with van der Waals surface area (Å²) in [6.45, 7) is 9.33. The van der Waals surface area contributed by atoms with Crippen LogP contribution in [0.2, 0.25) is 17.7 Å². The van der Waals surface area contributed by atoms with E-state index in [2.05, 4.69) is 27.7 Å². The molecule has 0 rings (SSSR count). The van der Waals surface area contributed by atoms with Gasteiger partial charge in [0.1, 0.15) is 0 Å². The van der Waals surface area contributed by atoms with E-state index in [0.717, 1.165) is 12.8 Å². The molecule has 152 valence electrons. The van der Waals surface area contributed by atoms with Crippen molar-refractivity contribution in [3.8, 4) is 0 Å². The Bertz CT molecular complexity index is 245. The van der Waals surface area contributed by atoms with E-state index in [4.69, 9.17) is 0 Å². The van der Waals surface area contributed by atoms with E-state index < -0.39 is 18.4 Å². The van der Waals surface area contributed by atoms with Gasteiger partial charge in [0.25, 0.3) is 0 Å². The van der Waals surface area contributed by atoms with Crippen molar-refractivity contribution in [3.05, 3.63) is 0 Å². The molecule has 0 bridgehead atoms. The van der Waals surface area contributed by atoms with Crippen molar-refractivity contribution in [2.75, 3.05) is 0 Å². The summed E-state index contributed by atoms with van der Waals surface area (Å²) in [5, 5.41) is 10.5. The van der Waals surface area contributed by atoms with Crippen LogP contribution >= 0.6 is 0 Å². The predicted octanol–water partition coefficient (Wildman–Crippen LogP) is 8.34. The summed E-state index contributed by atoms with van der Waals surface area (Å²) >= 11 is -2.00. The van der Waals surface area contributed by atoms with Crippen molar-refractivity contribution in [1.82, 2.24) is 0 Å². The van der Waals surface area contributed by atoms with Crippen LogP contribution in [0, 0.1) is 0 Å². The SMILES string of the molecule is CCCCCCCCC(O)C[CH2][Sn]([CH2]CCC)([CH2]CCC)[CH2]CCC. The van der Waals surface area contributed by atoms with Gasteiger partial charge in [0.05, 0.1) is 0 Å². The molecule has 0 aromatic carbocycles. The number of rotatable bonds is 19. The molecule has 0 saturated carbocycles. The summed E-state index contributed by atoms with van der Waals surface area (Å²) in [4.78, 5) is 0. The van der Waals surface area contributed by atoms with Crippen molar-refractivity contribution in [2.45, 2.75) is 141 Å². The summed E-state index contributed by atoms with van der Waals surface area (Å²) in [5.41, 5.74) is 0. The first-order chi connectivity index (χ1) is 12.1. The van der Waals surface area contributed by atoms with Crippen LogP contribution in [0.3, 0.4) is 0 Å². The Balaban J connectivity index is 4.30. The van der Waals surface area contributed by atoms with Crippen molar-refractivity contribution < 1.29 is 5.11 Å². The molecule has 0 aliphatic rings. The Morgan fingerprint density at radius 1 is 0.520 bits per heavy atom. The van der Waals surface area contributed by atoms with Crippen molar-refractivity contribution >= 4 is 18.4 Å². The van der Waals surface area contributed by atoms with Gasteiger partial charge in [-0.25, -0.2) is 0 Å². The predicted molar refractivity (Wildman–Crippen MR) is 118 cm³/mol. The molecule has 0 fully saturated rings. The average Bonchev–Trinajstić information content (AvgIpc) is 2.63. The van der Waals surface area contributed by atoms with Gasteiger partial charge in [-0.15, -0.1) is 0 Å². The van der Waals surface area contributed by atoms with Gasteiger partial charge in [-0.3, -0.25) is 0 Å². The van der Waals surface area contributed by atoms with Crippen LogP contribution < -0.4 is 0 Å². The molecular weight excluding hydrogens is 411 g/mol. The molecule has 25 heavy (non-hydrogen) atoms. The van der Waals surface area contributed by atoms with Crippen LogP contribution in [0.5, 0.6) is 0 Å². The van der Waals surface area contributed by atoms with E-state index in [0.29, 0.717) is 0 Å². The maximum absolute atomic E-state index is 10.5. The van der Waals surface area contributed by atoms with Crippen LogP contribution in [0.25, 0.3) is 0 Å². The van der Waals surface area contributed by atoms with Crippen molar-refractivity contribution in [2.24, 2.45) is 0 Å². The van der Waals surface area contributed by atoms with E-state index in [1.165, 1.54) is 81.5 Å². The average molecular weight is 461 g/mol. The van der Waals surface area contributed by atoms with Crippen molar-refractivity contribution in [3.63, 3.8) is 0 Å². The molecule has 1 atom stereocenters. The van der Waals surface area contributed by atoms with Gasteiger partial charge in [-0.05, 0) is 0 Å². The molecule has 0 aromatic heterocycles. The summed E-state index contributed by atoms with van der Waals surface area (Å²) in [5.74, 6) is 0. The van der Waals surface area contributed by atoms with Gasteiger partial charge in [0.2, 0.25) is 0 Å².